The van der Waals surface area contributed by atoms with E-state index in [0.29, 0.717) is 33.5 Å². The topological polar surface area (TPSA) is 59.4 Å². The van der Waals surface area contributed by atoms with E-state index in [0.717, 1.165) is 6.20 Å². The second-order valence-electron chi connectivity index (χ2n) is 5.57. The summed E-state index contributed by atoms with van der Waals surface area (Å²) in [5.41, 5.74) is 2.60. The maximum absolute atomic E-state index is 13.1. The van der Waals surface area contributed by atoms with E-state index < -0.39 is 12.2 Å². The van der Waals surface area contributed by atoms with Crippen LogP contribution in [-0.2, 0) is 7.05 Å². The van der Waals surface area contributed by atoms with Crippen molar-refractivity contribution in [1.29, 1.82) is 0 Å². The van der Waals surface area contributed by atoms with Crippen molar-refractivity contribution in [3.8, 4) is 22.5 Å². The van der Waals surface area contributed by atoms with Gasteiger partial charge in [-0.15, -0.1) is 0 Å². The van der Waals surface area contributed by atoms with Gasteiger partial charge in [0.2, 0.25) is 0 Å². The van der Waals surface area contributed by atoms with Crippen LogP contribution in [0.1, 0.15) is 12.1 Å². The number of alkyl halides is 2. The number of rotatable bonds is 3. The molecule has 0 aliphatic carbocycles. The Bertz CT molecular complexity index is 1050. The van der Waals surface area contributed by atoms with E-state index in [1.165, 1.54) is 24.4 Å². The third-order valence-corrected chi connectivity index (χ3v) is 3.88. The van der Waals surface area contributed by atoms with Crippen LogP contribution in [0.25, 0.3) is 33.5 Å². The maximum Gasteiger partial charge on any atom is 0.278 e. The quantitative estimate of drug-likeness (QED) is 0.609. The summed E-state index contributed by atoms with van der Waals surface area (Å²) in [6, 6.07) is 5.95. The lowest BCUT2D eigenvalue weighted by Crippen LogP contribution is -1.90. The third-order valence-electron chi connectivity index (χ3n) is 3.88. The molecule has 0 spiro atoms. The Kier molecular flexibility index (Phi) is 3.52. The van der Waals surface area contributed by atoms with Crippen molar-refractivity contribution in [1.82, 2.24) is 24.7 Å². The number of fused-ring (bicyclic) bond motifs is 1. The molecule has 0 atom stereocenters. The molecule has 4 aromatic rings. The molecular weight excluding hydrogens is 331 g/mol. The van der Waals surface area contributed by atoms with Crippen molar-refractivity contribution in [2.75, 3.05) is 0 Å². The Morgan fingerprint density at radius 1 is 1.12 bits per heavy atom. The van der Waals surface area contributed by atoms with Crippen LogP contribution in [0.15, 0.2) is 42.9 Å². The molecule has 0 aliphatic rings. The minimum atomic E-state index is -2.62. The van der Waals surface area contributed by atoms with Crippen molar-refractivity contribution in [3.05, 3.63) is 54.4 Å². The van der Waals surface area contributed by atoms with Crippen molar-refractivity contribution in [2.24, 2.45) is 7.05 Å². The summed E-state index contributed by atoms with van der Waals surface area (Å²) in [6.45, 7) is 0. The molecule has 0 aliphatic heterocycles. The maximum atomic E-state index is 13.1. The molecule has 0 radical (unpaired) electrons. The number of aryl methyl sites for hydroxylation is 1. The summed E-state index contributed by atoms with van der Waals surface area (Å²) >= 11 is 0. The highest BCUT2D eigenvalue weighted by Crippen LogP contribution is 2.35. The molecule has 1 N–H and O–H groups in total. The fourth-order valence-electron chi connectivity index (χ4n) is 2.79. The van der Waals surface area contributed by atoms with Crippen molar-refractivity contribution >= 4 is 11.0 Å². The van der Waals surface area contributed by atoms with E-state index in [1.807, 2.05) is 0 Å². The van der Waals surface area contributed by atoms with Gasteiger partial charge in [-0.1, -0.05) is 0 Å². The normalized spacial score (nSPS) is 11.6. The number of hydrogen-bond acceptors (Lipinski definition) is 3. The number of halogens is 3. The van der Waals surface area contributed by atoms with Gasteiger partial charge in [-0.25, -0.2) is 18.2 Å². The van der Waals surface area contributed by atoms with Crippen LogP contribution < -0.4 is 0 Å². The predicted molar refractivity (Wildman–Crippen MR) is 86.4 cm³/mol. The highest BCUT2D eigenvalue weighted by Gasteiger charge is 2.19. The number of nitrogens with one attached hydrogen (secondary N) is 1. The molecule has 0 saturated heterocycles. The van der Waals surface area contributed by atoms with Gasteiger partial charge in [0, 0.05) is 30.4 Å². The van der Waals surface area contributed by atoms with Gasteiger partial charge in [-0.05, 0) is 29.8 Å². The molecular formula is C17H12F3N5. The van der Waals surface area contributed by atoms with Crippen LogP contribution >= 0.6 is 0 Å². The Hall–Kier alpha value is -3.16. The van der Waals surface area contributed by atoms with Gasteiger partial charge < -0.3 is 4.98 Å². The van der Waals surface area contributed by atoms with Gasteiger partial charge in [-0.3, -0.25) is 9.67 Å². The monoisotopic (exact) mass is 343 g/mol. The number of aromatic nitrogens is 5. The lowest BCUT2D eigenvalue weighted by atomic mass is 10.0. The Morgan fingerprint density at radius 3 is 2.68 bits per heavy atom. The van der Waals surface area contributed by atoms with Crippen molar-refractivity contribution < 1.29 is 13.2 Å². The van der Waals surface area contributed by atoms with E-state index in [-0.39, 0.29) is 5.69 Å². The molecule has 4 aromatic heterocycles. The molecule has 0 aromatic carbocycles. The first kappa shape index (κ1) is 15.4. The first-order chi connectivity index (χ1) is 12.0. The minimum Gasteiger partial charge on any atom is -0.338 e. The highest BCUT2D eigenvalue weighted by atomic mass is 19.3. The zero-order valence-corrected chi connectivity index (χ0v) is 13.0. The van der Waals surface area contributed by atoms with Crippen LogP contribution in [0.3, 0.4) is 0 Å². The summed E-state index contributed by atoms with van der Waals surface area (Å²) in [5, 5.41) is 4.95. The third kappa shape index (κ3) is 2.65. The molecule has 25 heavy (non-hydrogen) atoms. The Morgan fingerprint density at radius 2 is 1.96 bits per heavy atom. The Balaban J connectivity index is 1.93. The molecule has 0 amide bonds. The summed E-state index contributed by atoms with van der Waals surface area (Å²) < 4.78 is 40.8. The molecule has 0 saturated carbocycles. The summed E-state index contributed by atoms with van der Waals surface area (Å²) in [5.74, 6) is -0.445. The van der Waals surface area contributed by atoms with Crippen LogP contribution in [0.2, 0.25) is 0 Å². The minimum absolute atomic E-state index is 0.194. The summed E-state index contributed by atoms with van der Waals surface area (Å²) in [6.07, 6.45) is 1.80. The standard InChI is InChI=1S/C17H12F3N5/c1-25-8-12(15(24-25)13-3-2-9(18)7-22-13)10-4-5-21-17-11(10)6-14(23-17)16(19)20/h2-8,16H,1H3,(H,21,23). The first-order valence-electron chi connectivity index (χ1n) is 7.44. The van der Waals surface area contributed by atoms with Gasteiger partial charge in [-0.2, -0.15) is 5.10 Å². The van der Waals surface area contributed by atoms with Gasteiger partial charge in [0.15, 0.2) is 0 Å². The molecule has 0 unspecified atom stereocenters. The molecule has 8 heteroatoms. The van der Waals surface area contributed by atoms with Crippen LogP contribution in [0, 0.1) is 5.82 Å². The fraction of sp³-hybridized carbons (Fsp3) is 0.118. The SMILES string of the molecule is Cn1cc(-c2ccnc3[nH]c(C(F)F)cc23)c(-c2ccc(F)cn2)n1. The zero-order valence-electron chi connectivity index (χ0n) is 13.0. The number of aromatic amines is 1. The predicted octanol–water partition coefficient (Wildman–Crippen LogP) is 4.10. The average Bonchev–Trinajstić information content (AvgIpc) is 3.19. The fourth-order valence-corrected chi connectivity index (χ4v) is 2.79. The van der Waals surface area contributed by atoms with E-state index in [4.69, 9.17) is 0 Å². The number of H-pyrrole nitrogens is 1. The van der Waals surface area contributed by atoms with Gasteiger partial charge in [0.1, 0.15) is 17.2 Å². The molecule has 4 rings (SSSR count). The zero-order chi connectivity index (χ0) is 17.6. The lowest BCUT2D eigenvalue weighted by molar-refractivity contribution is 0.147. The van der Waals surface area contributed by atoms with E-state index in [2.05, 4.69) is 20.1 Å². The van der Waals surface area contributed by atoms with E-state index in [9.17, 15) is 13.2 Å². The average molecular weight is 343 g/mol. The molecule has 5 nitrogen and oxygen atoms in total. The Labute approximate surface area is 140 Å². The number of hydrogen-bond donors (Lipinski definition) is 1. The highest BCUT2D eigenvalue weighted by molar-refractivity contribution is 5.96. The van der Waals surface area contributed by atoms with Crippen LogP contribution in [0.5, 0.6) is 0 Å². The lowest BCUT2D eigenvalue weighted by Gasteiger charge is -2.03. The van der Waals surface area contributed by atoms with Crippen LogP contribution in [-0.4, -0.2) is 24.7 Å². The van der Waals surface area contributed by atoms with Crippen LogP contribution in [0.4, 0.5) is 13.2 Å². The largest absolute Gasteiger partial charge is 0.338 e. The second kappa shape index (κ2) is 5.73. The first-order valence-corrected chi connectivity index (χ1v) is 7.44. The summed E-state index contributed by atoms with van der Waals surface area (Å²) in [7, 11) is 1.75. The van der Waals surface area contributed by atoms with Crippen molar-refractivity contribution in [2.45, 2.75) is 6.43 Å². The molecule has 0 bridgehead atoms. The van der Waals surface area contributed by atoms with Gasteiger partial charge in [0.05, 0.1) is 17.6 Å². The number of pyridine rings is 2. The number of nitrogens with zero attached hydrogens (tertiary/aromatic N) is 4. The van der Waals surface area contributed by atoms with Crippen molar-refractivity contribution in [3.63, 3.8) is 0 Å². The van der Waals surface area contributed by atoms with E-state index >= 15 is 0 Å². The molecule has 126 valence electrons. The van der Waals surface area contributed by atoms with Gasteiger partial charge >= 0.3 is 0 Å². The molecule has 4 heterocycles. The molecule has 0 fully saturated rings. The second-order valence-corrected chi connectivity index (χ2v) is 5.57. The van der Waals surface area contributed by atoms with Gasteiger partial charge in [0.25, 0.3) is 6.43 Å². The van der Waals surface area contributed by atoms with E-state index in [1.54, 1.807) is 24.0 Å². The summed E-state index contributed by atoms with van der Waals surface area (Å²) in [4.78, 5) is 10.8. The smallest absolute Gasteiger partial charge is 0.278 e.